The highest BCUT2D eigenvalue weighted by atomic mass is 79.9. The predicted molar refractivity (Wildman–Crippen MR) is 71.8 cm³/mol. The van der Waals surface area contributed by atoms with Crippen LogP contribution in [0, 0.1) is 11.8 Å². The Hall–Kier alpha value is -1.59. The van der Waals surface area contributed by atoms with Gasteiger partial charge in [0.2, 0.25) is 0 Å². The second-order valence-electron chi connectivity index (χ2n) is 4.06. The molecule has 0 saturated heterocycles. The average molecular weight is 284 g/mol. The lowest BCUT2D eigenvalue weighted by Crippen LogP contribution is -2.01. The van der Waals surface area contributed by atoms with Crippen molar-refractivity contribution in [2.75, 3.05) is 0 Å². The molecule has 1 aromatic heterocycles. The molecule has 0 aliphatic heterocycles. The Morgan fingerprint density at radius 3 is 2.88 bits per heavy atom. The Bertz CT molecular complexity index is 635. The fourth-order valence-electron chi connectivity index (χ4n) is 2.04. The van der Waals surface area contributed by atoms with Crippen LogP contribution in [0.4, 0.5) is 0 Å². The van der Waals surface area contributed by atoms with Crippen molar-refractivity contribution >= 4 is 15.9 Å². The van der Waals surface area contributed by atoms with Gasteiger partial charge in [-0.2, -0.15) is 0 Å². The van der Waals surface area contributed by atoms with E-state index in [9.17, 15) is 0 Å². The average Bonchev–Trinajstić information content (AvgIpc) is 2.33. The Morgan fingerprint density at radius 1 is 1.06 bits per heavy atom. The van der Waals surface area contributed by atoms with E-state index in [0.29, 0.717) is 0 Å². The third-order valence-corrected chi connectivity index (χ3v) is 3.43. The fourth-order valence-corrected chi connectivity index (χ4v) is 2.45. The first-order chi connectivity index (χ1) is 8.33. The van der Waals surface area contributed by atoms with E-state index < -0.39 is 0 Å². The van der Waals surface area contributed by atoms with E-state index in [4.69, 9.17) is 0 Å². The zero-order valence-electron chi connectivity index (χ0n) is 9.20. The van der Waals surface area contributed by atoms with Gasteiger partial charge in [0.25, 0.3) is 0 Å². The molecule has 3 rings (SSSR count). The number of benzene rings is 1. The summed E-state index contributed by atoms with van der Waals surface area (Å²) in [6.07, 6.45) is 3.82. The van der Waals surface area contributed by atoms with Gasteiger partial charge in [-0.15, -0.1) is 0 Å². The maximum Gasteiger partial charge on any atom is 0.116 e. The van der Waals surface area contributed by atoms with Gasteiger partial charge in [0.05, 0.1) is 0 Å². The van der Waals surface area contributed by atoms with Crippen LogP contribution in [-0.4, -0.2) is 4.98 Å². The molecule has 0 spiro atoms. The second-order valence-corrected chi connectivity index (χ2v) is 4.98. The predicted octanol–water partition coefficient (Wildman–Crippen LogP) is 3.34. The van der Waals surface area contributed by atoms with Crippen molar-refractivity contribution in [3.63, 3.8) is 0 Å². The van der Waals surface area contributed by atoms with Crippen LogP contribution >= 0.6 is 15.9 Å². The number of halogens is 1. The van der Waals surface area contributed by atoms with E-state index in [1.807, 2.05) is 12.1 Å². The molecule has 0 unspecified atom stereocenters. The zero-order valence-corrected chi connectivity index (χ0v) is 10.8. The molecule has 0 fully saturated rings. The van der Waals surface area contributed by atoms with Crippen LogP contribution in [0.2, 0.25) is 0 Å². The van der Waals surface area contributed by atoms with Crippen molar-refractivity contribution in [3.05, 3.63) is 63.4 Å². The number of hydrogen-bond donors (Lipinski definition) is 0. The Labute approximate surface area is 109 Å². The third-order valence-electron chi connectivity index (χ3n) is 2.94. The van der Waals surface area contributed by atoms with Crippen molar-refractivity contribution in [3.8, 4) is 11.8 Å². The molecule has 2 aromatic rings. The summed E-state index contributed by atoms with van der Waals surface area (Å²) in [5.74, 6) is 6.38. The Morgan fingerprint density at radius 2 is 1.94 bits per heavy atom. The van der Waals surface area contributed by atoms with Crippen LogP contribution in [0.25, 0.3) is 0 Å². The van der Waals surface area contributed by atoms with E-state index in [-0.39, 0.29) is 0 Å². The molecule has 1 nitrogen and oxygen atoms in total. The molecule has 0 N–H and O–H groups in total. The molecule has 0 radical (unpaired) electrons. The number of rotatable bonds is 0. The number of hydrogen-bond acceptors (Lipinski definition) is 1. The van der Waals surface area contributed by atoms with Gasteiger partial charge in [-0.25, -0.2) is 4.98 Å². The number of pyridine rings is 1. The molecule has 1 aliphatic rings. The van der Waals surface area contributed by atoms with Gasteiger partial charge in [-0.05, 0) is 54.2 Å². The summed E-state index contributed by atoms with van der Waals surface area (Å²) >= 11 is 3.51. The highest BCUT2D eigenvalue weighted by molar-refractivity contribution is 9.10. The third kappa shape index (κ3) is 2.11. The molecule has 1 aromatic carbocycles. The van der Waals surface area contributed by atoms with E-state index in [2.05, 4.69) is 51.0 Å². The summed E-state index contributed by atoms with van der Waals surface area (Å²) in [4.78, 5) is 4.33. The van der Waals surface area contributed by atoms with Crippen molar-refractivity contribution in [2.24, 2.45) is 0 Å². The van der Waals surface area contributed by atoms with E-state index in [1.165, 1.54) is 11.1 Å². The van der Waals surface area contributed by atoms with Crippen LogP contribution in [0.3, 0.4) is 0 Å². The van der Waals surface area contributed by atoms with Gasteiger partial charge >= 0.3 is 0 Å². The monoisotopic (exact) mass is 283 g/mol. The van der Waals surface area contributed by atoms with Crippen molar-refractivity contribution < 1.29 is 0 Å². The minimum absolute atomic E-state index is 0.918. The summed E-state index contributed by atoms with van der Waals surface area (Å²) in [7, 11) is 0. The summed E-state index contributed by atoms with van der Waals surface area (Å²) in [6.45, 7) is 0. The zero-order chi connectivity index (χ0) is 11.7. The van der Waals surface area contributed by atoms with Crippen LogP contribution in [0.1, 0.15) is 22.4 Å². The first-order valence-corrected chi connectivity index (χ1v) is 6.36. The van der Waals surface area contributed by atoms with Gasteiger partial charge in [-0.3, -0.25) is 0 Å². The van der Waals surface area contributed by atoms with Crippen molar-refractivity contribution in [1.82, 2.24) is 4.98 Å². The minimum Gasteiger partial charge on any atom is -0.247 e. The first-order valence-electron chi connectivity index (χ1n) is 5.57. The van der Waals surface area contributed by atoms with Gasteiger partial charge in [0, 0.05) is 16.2 Å². The van der Waals surface area contributed by atoms with E-state index in [1.54, 1.807) is 6.20 Å². The molecule has 1 heterocycles. The first kappa shape index (κ1) is 10.6. The van der Waals surface area contributed by atoms with Crippen LogP contribution < -0.4 is 0 Å². The maximum atomic E-state index is 4.33. The molecular weight excluding hydrogens is 274 g/mol. The van der Waals surface area contributed by atoms with Crippen LogP contribution in [0.5, 0.6) is 0 Å². The molecule has 1 aliphatic carbocycles. The van der Waals surface area contributed by atoms with Crippen molar-refractivity contribution in [2.45, 2.75) is 12.8 Å². The quantitative estimate of drug-likeness (QED) is 0.676. The van der Waals surface area contributed by atoms with Gasteiger partial charge in [0.1, 0.15) is 5.69 Å². The highest BCUT2D eigenvalue weighted by Gasteiger charge is 2.08. The standard InChI is InChI=1S/C15H10BrN/c16-14-7-5-11-6-8-15-12(2-1-9-17-15)3-4-13(11)10-14/h1-2,5,7,9-10H,3-4H2. The lowest BCUT2D eigenvalue weighted by atomic mass is 9.97. The van der Waals surface area contributed by atoms with Gasteiger partial charge in [-0.1, -0.05) is 27.9 Å². The summed E-state index contributed by atoms with van der Waals surface area (Å²) in [5.41, 5.74) is 4.58. The normalized spacial score (nSPS) is 12.5. The maximum absolute atomic E-state index is 4.33. The summed E-state index contributed by atoms with van der Waals surface area (Å²) < 4.78 is 1.12. The molecule has 82 valence electrons. The lowest BCUT2D eigenvalue weighted by molar-refractivity contribution is 0.936. The second kappa shape index (κ2) is 4.35. The Kier molecular flexibility index (Phi) is 2.70. The number of fused-ring (bicyclic) bond motifs is 2. The van der Waals surface area contributed by atoms with E-state index in [0.717, 1.165) is 28.6 Å². The topological polar surface area (TPSA) is 12.9 Å². The fraction of sp³-hybridized carbons (Fsp3) is 0.133. The van der Waals surface area contributed by atoms with Gasteiger partial charge < -0.3 is 0 Å². The largest absolute Gasteiger partial charge is 0.247 e. The summed E-state index contributed by atoms with van der Waals surface area (Å²) in [5, 5.41) is 0. The van der Waals surface area contributed by atoms with Crippen LogP contribution in [-0.2, 0) is 12.8 Å². The molecule has 0 bridgehead atoms. The molecule has 17 heavy (non-hydrogen) atoms. The Balaban J connectivity index is 2.14. The number of aromatic nitrogens is 1. The van der Waals surface area contributed by atoms with Crippen molar-refractivity contribution in [1.29, 1.82) is 0 Å². The number of aryl methyl sites for hydroxylation is 2. The lowest BCUT2D eigenvalue weighted by Gasteiger charge is -2.09. The SMILES string of the molecule is Brc1ccc2c(c1)CCc1cccnc1C#C2. The summed E-state index contributed by atoms with van der Waals surface area (Å²) in [6, 6.07) is 10.4. The molecule has 0 saturated carbocycles. The molecular formula is C15H10BrN. The molecule has 0 atom stereocenters. The molecule has 2 heteroatoms. The highest BCUT2D eigenvalue weighted by Crippen LogP contribution is 2.20. The van der Waals surface area contributed by atoms with E-state index >= 15 is 0 Å². The smallest absolute Gasteiger partial charge is 0.116 e. The minimum atomic E-state index is 0.918. The molecule has 0 amide bonds. The van der Waals surface area contributed by atoms with Crippen LogP contribution in [0.15, 0.2) is 41.0 Å². The number of nitrogens with zero attached hydrogens (tertiary/aromatic N) is 1. The van der Waals surface area contributed by atoms with Gasteiger partial charge in [0.15, 0.2) is 0 Å².